The van der Waals surface area contributed by atoms with Crippen molar-refractivity contribution in [1.82, 2.24) is 5.32 Å². The number of hydrogen-bond donors (Lipinski definition) is 1. The summed E-state index contributed by atoms with van der Waals surface area (Å²) >= 11 is 0. The lowest BCUT2D eigenvalue weighted by Gasteiger charge is -2.40. The van der Waals surface area contributed by atoms with Crippen LogP contribution in [-0.2, 0) is 4.79 Å². The molecule has 2 bridgehead atoms. The van der Waals surface area contributed by atoms with Gasteiger partial charge in [0.1, 0.15) is 6.61 Å². The van der Waals surface area contributed by atoms with E-state index in [1.54, 1.807) is 0 Å². The highest BCUT2D eigenvalue weighted by Crippen LogP contribution is 2.65. The van der Waals surface area contributed by atoms with E-state index in [1.165, 1.54) is 12.8 Å². The molecule has 1 amide bonds. The van der Waals surface area contributed by atoms with E-state index in [9.17, 15) is 4.79 Å². The van der Waals surface area contributed by atoms with E-state index in [1.807, 2.05) is 24.3 Å². The molecule has 2 saturated carbocycles. The topological polar surface area (TPSA) is 47.6 Å². The standard InChI is InChI=1S/C19H25NO3/c1-18(2)12-8-9-19(18,3)16(10-12)20-17(21)15-11-22-13-6-4-5-7-14(13)23-15/h4-7,12,15-16H,8-11H2,1-3H3,(H,20,21)/t12-,15-,16-,19-/m0/s1. The normalized spacial score (nSPS) is 36.7. The Bertz CT molecular complexity index is 641. The van der Waals surface area contributed by atoms with Crippen molar-refractivity contribution in [2.45, 2.75) is 52.2 Å². The SMILES string of the molecule is CC1(C)[C@H]2CC[C@@]1(C)[C@@H](NC(=O)[C@@H]1COc3ccccc3O1)C2. The first-order chi connectivity index (χ1) is 10.9. The molecule has 124 valence electrons. The van der Waals surface area contributed by atoms with Crippen LogP contribution in [0.25, 0.3) is 0 Å². The van der Waals surface area contributed by atoms with Gasteiger partial charge in [0.05, 0.1) is 0 Å². The number of ether oxygens (including phenoxy) is 2. The molecule has 4 rings (SSSR count). The van der Waals surface area contributed by atoms with Crippen molar-refractivity contribution >= 4 is 5.91 Å². The van der Waals surface area contributed by atoms with Gasteiger partial charge < -0.3 is 14.8 Å². The smallest absolute Gasteiger partial charge is 0.264 e. The van der Waals surface area contributed by atoms with Gasteiger partial charge in [0.2, 0.25) is 6.10 Å². The molecule has 3 aliphatic rings. The van der Waals surface area contributed by atoms with E-state index in [0.29, 0.717) is 22.8 Å². The third-order valence-corrected chi connectivity index (χ3v) is 6.91. The molecule has 4 atom stereocenters. The Morgan fingerprint density at radius 2 is 1.96 bits per heavy atom. The molecule has 0 radical (unpaired) electrons. The van der Waals surface area contributed by atoms with Crippen molar-refractivity contribution in [3.8, 4) is 11.5 Å². The van der Waals surface area contributed by atoms with Gasteiger partial charge in [-0.15, -0.1) is 0 Å². The summed E-state index contributed by atoms with van der Waals surface area (Å²) < 4.78 is 11.5. The number of nitrogens with one attached hydrogen (secondary N) is 1. The maximum Gasteiger partial charge on any atom is 0.264 e. The highest BCUT2D eigenvalue weighted by Gasteiger charge is 2.61. The highest BCUT2D eigenvalue weighted by atomic mass is 16.6. The first-order valence-corrected chi connectivity index (χ1v) is 8.61. The van der Waals surface area contributed by atoms with Crippen LogP contribution in [0.2, 0.25) is 0 Å². The number of amides is 1. The molecule has 0 unspecified atom stereocenters. The largest absolute Gasteiger partial charge is 0.485 e. The summed E-state index contributed by atoms with van der Waals surface area (Å²) in [6.07, 6.45) is 3.00. The lowest BCUT2D eigenvalue weighted by Crippen LogP contribution is -2.52. The Kier molecular flexibility index (Phi) is 3.16. The third kappa shape index (κ3) is 2.07. The quantitative estimate of drug-likeness (QED) is 0.912. The fourth-order valence-electron chi connectivity index (χ4n) is 4.84. The monoisotopic (exact) mass is 315 g/mol. The van der Waals surface area contributed by atoms with E-state index in [2.05, 4.69) is 26.1 Å². The van der Waals surface area contributed by atoms with Crippen LogP contribution in [0.1, 0.15) is 40.0 Å². The van der Waals surface area contributed by atoms with Gasteiger partial charge in [-0.05, 0) is 48.1 Å². The zero-order valence-electron chi connectivity index (χ0n) is 14.1. The van der Waals surface area contributed by atoms with E-state index in [4.69, 9.17) is 9.47 Å². The van der Waals surface area contributed by atoms with Crippen LogP contribution in [0.15, 0.2) is 24.3 Å². The fourth-order valence-corrected chi connectivity index (χ4v) is 4.84. The Morgan fingerprint density at radius 1 is 1.22 bits per heavy atom. The van der Waals surface area contributed by atoms with Crippen molar-refractivity contribution in [3.63, 3.8) is 0 Å². The van der Waals surface area contributed by atoms with E-state index >= 15 is 0 Å². The molecule has 1 aliphatic heterocycles. The number of para-hydroxylation sites is 2. The second kappa shape index (κ2) is 4.89. The van der Waals surface area contributed by atoms with E-state index in [0.717, 1.165) is 6.42 Å². The molecule has 2 fully saturated rings. The number of rotatable bonds is 2. The number of hydrogen-bond acceptors (Lipinski definition) is 3. The maximum absolute atomic E-state index is 12.7. The first-order valence-electron chi connectivity index (χ1n) is 8.61. The molecule has 2 aliphatic carbocycles. The minimum absolute atomic E-state index is 0.0471. The van der Waals surface area contributed by atoms with Gasteiger partial charge in [0.15, 0.2) is 11.5 Å². The van der Waals surface area contributed by atoms with Crippen LogP contribution >= 0.6 is 0 Å². The van der Waals surface area contributed by atoms with Crippen molar-refractivity contribution in [2.24, 2.45) is 16.7 Å². The number of carbonyl (C=O) groups excluding carboxylic acids is 1. The molecule has 1 aromatic rings. The molecule has 0 saturated heterocycles. The van der Waals surface area contributed by atoms with Crippen LogP contribution in [-0.4, -0.2) is 24.7 Å². The Hall–Kier alpha value is -1.71. The molecule has 4 nitrogen and oxygen atoms in total. The Morgan fingerprint density at radius 3 is 2.61 bits per heavy atom. The van der Waals surface area contributed by atoms with Crippen LogP contribution in [0.4, 0.5) is 0 Å². The van der Waals surface area contributed by atoms with Crippen LogP contribution in [0.3, 0.4) is 0 Å². The average Bonchev–Trinajstić information content (AvgIpc) is 2.87. The van der Waals surface area contributed by atoms with Gasteiger partial charge in [-0.2, -0.15) is 0 Å². The van der Waals surface area contributed by atoms with Crippen LogP contribution < -0.4 is 14.8 Å². The summed E-state index contributed by atoms with van der Waals surface area (Å²) in [6.45, 7) is 7.32. The summed E-state index contributed by atoms with van der Waals surface area (Å²) in [5.41, 5.74) is 0.474. The fraction of sp³-hybridized carbons (Fsp3) is 0.632. The Balaban J connectivity index is 1.46. The maximum atomic E-state index is 12.7. The van der Waals surface area contributed by atoms with Gasteiger partial charge >= 0.3 is 0 Å². The molecule has 1 N–H and O–H groups in total. The summed E-state index contributed by atoms with van der Waals surface area (Å²) in [7, 11) is 0. The van der Waals surface area contributed by atoms with E-state index in [-0.39, 0.29) is 24.0 Å². The van der Waals surface area contributed by atoms with Gasteiger partial charge in [-0.25, -0.2) is 0 Å². The van der Waals surface area contributed by atoms with Crippen LogP contribution in [0.5, 0.6) is 11.5 Å². The minimum atomic E-state index is -0.560. The molecular weight excluding hydrogens is 290 g/mol. The predicted octanol–water partition coefficient (Wildman–Crippen LogP) is 3.16. The summed E-state index contributed by atoms with van der Waals surface area (Å²) in [4.78, 5) is 12.7. The second-order valence-corrected chi connectivity index (χ2v) is 8.04. The van der Waals surface area contributed by atoms with Crippen molar-refractivity contribution in [2.75, 3.05) is 6.61 Å². The lowest BCUT2D eigenvalue weighted by molar-refractivity contribution is -0.132. The molecule has 23 heavy (non-hydrogen) atoms. The van der Waals surface area contributed by atoms with E-state index < -0.39 is 6.10 Å². The summed E-state index contributed by atoms with van der Waals surface area (Å²) in [6, 6.07) is 7.74. The van der Waals surface area contributed by atoms with Gasteiger partial charge in [0, 0.05) is 6.04 Å². The average molecular weight is 315 g/mol. The number of benzene rings is 1. The first kappa shape index (κ1) is 14.9. The molecule has 4 heteroatoms. The highest BCUT2D eigenvalue weighted by molar-refractivity contribution is 5.82. The van der Waals surface area contributed by atoms with Crippen LogP contribution in [0, 0.1) is 16.7 Å². The molecule has 1 aromatic carbocycles. The summed E-state index contributed by atoms with van der Waals surface area (Å²) in [5, 5.41) is 3.26. The molecule has 1 heterocycles. The molecular formula is C19H25NO3. The van der Waals surface area contributed by atoms with Gasteiger partial charge in [0.25, 0.3) is 5.91 Å². The minimum Gasteiger partial charge on any atom is -0.485 e. The van der Waals surface area contributed by atoms with Gasteiger partial charge in [-0.3, -0.25) is 4.79 Å². The molecule has 0 spiro atoms. The zero-order chi connectivity index (χ0) is 16.2. The lowest BCUT2D eigenvalue weighted by atomic mass is 9.69. The number of carbonyl (C=O) groups is 1. The van der Waals surface area contributed by atoms with Gasteiger partial charge in [-0.1, -0.05) is 32.9 Å². The van der Waals surface area contributed by atoms with Crippen molar-refractivity contribution in [1.29, 1.82) is 0 Å². The molecule has 0 aromatic heterocycles. The zero-order valence-corrected chi connectivity index (χ0v) is 14.1. The second-order valence-electron chi connectivity index (χ2n) is 8.04. The van der Waals surface area contributed by atoms with Crippen molar-refractivity contribution < 1.29 is 14.3 Å². The number of fused-ring (bicyclic) bond motifs is 3. The summed E-state index contributed by atoms with van der Waals surface area (Å²) in [5.74, 6) is 2.03. The predicted molar refractivity (Wildman–Crippen MR) is 87.5 cm³/mol. The van der Waals surface area contributed by atoms with Crippen molar-refractivity contribution in [3.05, 3.63) is 24.3 Å². The third-order valence-electron chi connectivity index (χ3n) is 6.91. The Labute approximate surface area is 137 Å².